The molecule has 1 rings (SSSR count). The zero-order valence-electron chi connectivity index (χ0n) is 16.3. The summed E-state index contributed by atoms with van der Waals surface area (Å²) in [6.07, 6.45) is 24.0. The average Bonchev–Trinajstić information content (AvgIpc) is 3.18. The van der Waals surface area contributed by atoms with E-state index in [9.17, 15) is 0 Å². The molecule has 0 atom stereocenters. The van der Waals surface area contributed by atoms with E-state index in [-0.39, 0.29) is 0 Å². The van der Waals surface area contributed by atoms with Gasteiger partial charge >= 0.3 is 107 Å². The molecule has 23 heavy (non-hydrogen) atoms. The van der Waals surface area contributed by atoms with Crippen LogP contribution in [0.1, 0.15) is 110 Å². The van der Waals surface area contributed by atoms with E-state index in [2.05, 4.69) is 20.3 Å². The minimum absolute atomic E-state index is 1.16. The molecule has 0 N–H and O–H groups in total. The van der Waals surface area contributed by atoms with Crippen molar-refractivity contribution in [2.75, 3.05) is 19.5 Å². The van der Waals surface area contributed by atoms with Crippen molar-refractivity contribution in [3.63, 3.8) is 0 Å². The molecule has 0 radical (unpaired) electrons. The molecule has 0 aromatic heterocycles. The quantitative estimate of drug-likeness (QED) is 0.116. The van der Waals surface area contributed by atoms with Crippen LogP contribution < -0.4 is 0 Å². The van der Waals surface area contributed by atoms with Crippen molar-refractivity contribution in [2.45, 2.75) is 110 Å². The predicted molar refractivity (Wildman–Crippen MR) is 105 cm³/mol. The van der Waals surface area contributed by atoms with E-state index in [0.717, 1.165) is 6.16 Å². The van der Waals surface area contributed by atoms with Crippen molar-refractivity contribution in [1.29, 1.82) is 0 Å². The monoisotopic (exact) mass is 346 g/mol. The summed E-state index contributed by atoms with van der Waals surface area (Å²) in [6, 6.07) is 0. The van der Waals surface area contributed by atoms with Gasteiger partial charge in [0.15, 0.2) is 0 Å². The van der Waals surface area contributed by atoms with Crippen LogP contribution in [0.4, 0.5) is 0 Å². The molecule has 0 saturated carbocycles. The Kier molecular flexibility index (Phi) is 11.0. The molecule has 0 aromatic carbocycles. The third-order valence-electron chi connectivity index (χ3n) is 5.12. The van der Waals surface area contributed by atoms with Gasteiger partial charge in [0, 0.05) is 0 Å². The van der Waals surface area contributed by atoms with E-state index in [1.807, 2.05) is 0 Å². The SMILES string of the molecule is CCCCCCCCCCCCCCCCCCP1(C)(C)OO1. The summed E-state index contributed by atoms with van der Waals surface area (Å²) in [7, 11) is -1.97. The third-order valence-corrected chi connectivity index (χ3v) is 7.65. The summed E-state index contributed by atoms with van der Waals surface area (Å²) in [5.41, 5.74) is 0. The molecule has 1 aliphatic rings. The Morgan fingerprint density at radius 1 is 0.478 bits per heavy atom. The first-order valence-electron chi connectivity index (χ1n) is 10.4. The van der Waals surface area contributed by atoms with E-state index in [0.29, 0.717) is 0 Å². The van der Waals surface area contributed by atoms with Crippen LogP contribution in [0.5, 0.6) is 0 Å². The molecule has 3 heteroatoms. The molecule has 0 spiro atoms. The van der Waals surface area contributed by atoms with E-state index < -0.39 is 7.06 Å². The fourth-order valence-electron chi connectivity index (χ4n) is 3.27. The molecule has 0 aliphatic carbocycles. The van der Waals surface area contributed by atoms with Crippen molar-refractivity contribution in [1.82, 2.24) is 0 Å². The van der Waals surface area contributed by atoms with Gasteiger partial charge in [-0.25, -0.2) is 0 Å². The molecule has 1 aliphatic heterocycles. The predicted octanol–water partition coefficient (Wildman–Crippen LogP) is 7.85. The first kappa shape index (κ1) is 21.4. The minimum atomic E-state index is -1.97. The van der Waals surface area contributed by atoms with Crippen LogP contribution >= 0.6 is 7.06 Å². The molecule has 0 amide bonds. The summed E-state index contributed by atoms with van der Waals surface area (Å²) >= 11 is 0. The van der Waals surface area contributed by atoms with E-state index >= 15 is 0 Å². The Morgan fingerprint density at radius 2 is 0.783 bits per heavy atom. The van der Waals surface area contributed by atoms with Crippen molar-refractivity contribution in [3.8, 4) is 0 Å². The Balaban J connectivity index is 1.67. The molecule has 1 heterocycles. The molecule has 0 unspecified atom stereocenters. The Labute approximate surface area is 146 Å². The van der Waals surface area contributed by atoms with Gasteiger partial charge in [0.25, 0.3) is 0 Å². The van der Waals surface area contributed by atoms with Gasteiger partial charge in [-0.05, 0) is 0 Å². The van der Waals surface area contributed by atoms with Gasteiger partial charge in [-0.3, -0.25) is 0 Å². The first-order chi connectivity index (χ1) is 11.1. The standard InChI is InChI=1S/C20H43O2P/c1-4-5-6-7-8-9-10-11-12-13-14-15-16-17-18-19-20-23(2,3)21-22-23/h4-20H2,1-3H3. The maximum absolute atomic E-state index is 5.24. The second-order valence-corrected chi connectivity index (χ2v) is 13.3. The number of rotatable bonds is 17. The second kappa shape index (κ2) is 11.8. The second-order valence-electron chi connectivity index (χ2n) is 8.32. The average molecular weight is 347 g/mol. The van der Waals surface area contributed by atoms with Gasteiger partial charge in [0.05, 0.1) is 0 Å². The van der Waals surface area contributed by atoms with Gasteiger partial charge in [-0.2, -0.15) is 0 Å². The van der Waals surface area contributed by atoms with E-state index in [1.165, 1.54) is 103 Å². The van der Waals surface area contributed by atoms with Crippen molar-refractivity contribution < 1.29 is 9.35 Å². The van der Waals surface area contributed by atoms with E-state index in [4.69, 9.17) is 9.35 Å². The molecular weight excluding hydrogens is 303 g/mol. The van der Waals surface area contributed by atoms with Gasteiger partial charge in [0.1, 0.15) is 0 Å². The van der Waals surface area contributed by atoms with Crippen molar-refractivity contribution in [2.24, 2.45) is 0 Å². The van der Waals surface area contributed by atoms with Gasteiger partial charge in [-0.15, -0.1) is 0 Å². The van der Waals surface area contributed by atoms with E-state index in [1.54, 1.807) is 0 Å². The van der Waals surface area contributed by atoms with Crippen LogP contribution in [0, 0.1) is 0 Å². The summed E-state index contributed by atoms with van der Waals surface area (Å²) in [4.78, 5) is 0. The maximum atomic E-state index is 5.24. The molecule has 140 valence electrons. The van der Waals surface area contributed by atoms with Crippen molar-refractivity contribution in [3.05, 3.63) is 0 Å². The van der Waals surface area contributed by atoms with Gasteiger partial charge in [0.2, 0.25) is 0 Å². The number of hydrogen-bond donors (Lipinski definition) is 0. The topological polar surface area (TPSA) is 25.1 Å². The summed E-state index contributed by atoms with van der Waals surface area (Å²) in [5, 5.41) is 0. The van der Waals surface area contributed by atoms with Gasteiger partial charge < -0.3 is 0 Å². The number of hydrogen-bond acceptors (Lipinski definition) is 2. The zero-order valence-corrected chi connectivity index (χ0v) is 17.2. The number of unbranched alkanes of at least 4 members (excludes halogenated alkanes) is 15. The third kappa shape index (κ3) is 12.4. The summed E-state index contributed by atoms with van der Waals surface area (Å²) in [6.45, 7) is 6.65. The van der Waals surface area contributed by atoms with Crippen LogP contribution in [0.25, 0.3) is 0 Å². The Hall–Kier alpha value is 0.350. The fourth-order valence-corrected chi connectivity index (χ4v) is 5.26. The van der Waals surface area contributed by atoms with Crippen LogP contribution in [-0.2, 0) is 9.35 Å². The van der Waals surface area contributed by atoms with Crippen LogP contribution in [-0.4, -0.2) is 19.5 Å². The molecule has 0 aromatic rings. The Morgan fingerprint density at radius 3 is 1.09 bits per heavy atom. The molecule has 0 bridgehead atoms. The van der Waals surface area contributed by atoms with Crippen molar-refractivity contribution >= 4 is 7.06 Å². The van der Waals surface area contributed by atoms with Crippen LogP contribution in [0.2, 0.25) is 0 Å². The molecule has 1 fully saturated rings. The van der Waals surface area contributed by atoms with Gasteiger partial charge in [-0.1, -0.05) is 39.0 Å². The normalized spacial score (nSPS) is 20.0. The molecule has 2 nitrogen and oxygen atoms in total. The fraction of sp³-hybridized carbons (Fsp3) is 1.00. The van der Waals surface area contributed by atoms with Crippen LogP contribution in [0.15, 0.2) is 0 Å². The summed E-state index contributed by atoms with van der Waals surface area (Å²) in [5.74, 6) is 0. The Bertz CT molecular complexity index is 283. The zero-order chi connectivity index (χ0) is 16.9. The first-order valence-corrected chi connectivity index (χ1v) is 13.6. The molecular formula is C20H43O2P. The summed E-state index contributed by atoms with van der Waals surface area (Å²) < 4.78 is 10.5. The molecule has 1 saturated heterocycles. The van der Waals surface area contributed by atoms with Crippen LogP contribution in [0.3, 0.4) is 0 Å².